The van der Waals surface area contributed by atoms with Crippen LogP contribution in [0.25, 0.3) is 0 Å². The molecule has 0 bridgehead atoms. The molecule has 12 rings (SSSR count). The summed E-state index contributed by atoms with van der Waals surface area (Å²) in [5, 5.41) is 36.2. The van der Waals surface area contributed by atoms with Gasteiger partial charge >= 0.3 is 18.1 Å². The van der Waals surface area contributed by atoms with E-state index in [1.165, 1.54) is 45.7 Å². The van der Waals surface area contributed by atoms with Gasteiger partial charge in [-0.05, 0) is 179 Å². The number of piperazine rings is 3. The van der Waals surface area contributed by atoms with E-state index in [0.29, 0.717) is 149 Å². The number of hydrogen-bond donors (Lipinski definition) is 3. The van der Waals surface area contributed by atoms with Gasteiger partial charge in [0.25, 0.3) is 0 Å². The second kappa shape index (κ2) is 41.0. The number of methoxy groups -OCH3 is 5. The van der Waals surface area contributed by atoms with Gasteiger partial charge in [-0.25, -0.2) is 43.7 Å². The van der Waals surface area contributed by atoms with Crippen molar-refractivity contribution in [1.29, 1.82) is 15.8 Å². The molecule has 0 saturated carbocycles. The number of aromatic nitrogens is 6. The molecule has 0 spiro atoms. The number of pyridine rings is 6. The number of halogens is 1. The molecule has 3 saturated heterocycles. The Morgan fingerprint density at radius 1 is 0.487 bits per heavy atom. The Hall–Kier alpha value is -10.3. The number of fused-ring (bicyclic) bond motifs is 3. The highest BCUT2D eigenvalue weighted by molar-refractivity contribution is 7.98. The number of rotatable bonds is 24. The van der Waals surface area contributed by atoms with Crippen LogP contribution < -0.4 is 35.4 Å². The number of nitriles is 3. The molecular formula is C78H100FN21O11S2. The minimum Gasteiger partial charge on any atom is -0.481 e. The number of thioether (sulfide) groups is 2. The lowest BCUT2D eigenvalue weighted by atomic mass is 10.0. The normalized spacial score (nSPS) is 15.9. The third kappa shape index (κ3) is 21.7. The summed E-state index contributed by atoms with van der Waals surface area (Å²) in [5.74, 6) is 4.14. The summed E-state index contributed by atoms with van der Waals surface area (Å²) in [6.07, 6.45) is 14.5. The number of nitrogens with zero attached hydrogens (tertiary/aromatic N) is 18. The van der Waals surface area contributed by atoms with Crippen molar-refractivity contribution in [3.05, 3.63) is 133 Å². The number of carbonyl (C=O) groups excluding carboxylic acids is 6. The highest BCUT2D eigenvalue weighted by Crippen LogP contribution is 2.37. The molecule has 0 unspecified atom stereocenters. The van der Waals surface area contributed by atoms with Crippen molar-refractivity contribution >= 4 is 94.2 Å². The van der Waals surface area contributed by atoms with Crippen molar-refractivity contribution in [1.82, 2.24) is 59.3 Å². The minimum atomic E-state index is -0.797. The first-order valence-electron chi connectivity index (χ1n) is 37.3. The lowest BCUT2D eigenvalue weighted by Crippen LogP contribution is -2.48. The summed E-state index contributed by atoms with van der Waals surface area (Å²) in [7, 11) is 13.4. The molecule has 3 fully saturated rings. The zero-order chi connectivity index (χ0) is 80.8. The molecule has 6 aliphatic rings. The van der Waals surface area contributed by atoms with Crippen LogP contribution in [0.1, 0.15) is 119 Å². The summed E-state index contributed by atoms with van der Waals surface area (Å²) in [6, 6.07) is 15.4. The monoisotopic (exact) mass is 1590 g/mol. The molecule has 602 valence electrons. The molecule has 32 nitrogen and oxygen atoms in total. The summed E-state index contributed by atoms with van der Waals surface area (Å²) >= 11 is 3.52. The molecule has 35 heteroatoms. The van der Waals surface area contributed by atoms with Crippen LogP contribution in [0, 0.1) is 39.8 Å². The Bertz CT molecular complexity index is 4560. The van der Waals surface area contributed by atoms with Crippen molar-refractivity contribution in [3.8, 4) is 24.1 Å². The highest BCUT2D eigenvalue weighted by Gasteiger charge is 2.35. The van der Waals surface area contributed by atoms with Crippen LogP contribution >= 0.6 is 23.5 Å². The van der Waals surface area contributed by atoms with Crippen LogP contribution in [-0.2, 0) is 85.1 Å². The van der Waals surface area contributed by atoms with E-state index in [-0.39, 0.29) is 42.6 Å². The van der Waals surface area contributed by atoms with E-state index in [2.05, 4.69) is 55.6 Å². The van der Waals surface area contributed by atoms with Crippen molar-refractivity contribution < 1.29 is 58.3 Å². The van der Waals surface area contributed by atoms with E-state index in [1.54, 1.807) is 63.5 Å². The fourth-order valence-corrected chi connectivity index (χ4v) is 15.0. The van der Waals surface area contributed by atoms with Crippen LogP contribution in [0.15, 0.2) is 55.0 Å². The molecule has 6 aromatic heterocycles. The van der Waals surface area contributed by atoms with Gasteiger partial charge in [-0.3, -0.25) is 59.7 Å². The van der Waals surface area contributed by atoms with Gasteiger partial charge in [-0.1, -0.05) is 0 Å². The van der Waals surface area contributed by atoms with Gasteiger partial charge in [-0.15, -0.1) is 0 Å². The lowest BCUT2D eigenvalue weighted by molar-refractivity contribution is -0.137. The third-order valence-corrected chi connectivity index (χ3v) is 21.5. The zero-order valence-electron chi connectivity index (χ0n) is 65.7. The average molecular weight is 1590 g/mol. The quantitative estimate of drug-likeness (QED) is 0.0378. The predicted octanol–water partition coefficient (Wildman–Crippen LogP) is 8.39. The number of amides is 9. The Balaban J connectivity index is 0.000000195. The van der Waals surface area contributed by atoms with Gasteiger partial charge < -0.3 is 38.4 Å². The van der Waals surface area contributed by atoms with E-state index in [9.17, 15) is 43.7 Å². The van der Waals surface area contributed by atoms with E-state index in [4.69, 9.17) is 43.9 Å². The molecule has 0 atom stereocenters. The first-order chi connectivity index (χ1) is 54.6. The Labute approximate surface area is 668 Å². The standard InChI is InChI=1S/C28H37N7O4S.C26H33N7O3S.C24H28FN7O4.H2/c1-33-10-11-34(24(36)18-33)17-21-13-20-7-5-9-35(26(20)32-25(21)27(38-2)39-3)28(37)31-23-14-19(8-6-12-40-4)22(15-29)16-30-23;1-31-9-10-32(23(34)17-31)16-20-12-19-6-4-8-33(24(19)30-25(20)36-2)26(35)29-22-13-18(7-5-11-37-3)21(14-27)15-28-22;1-30-7-8-31(20(33)14-30)13-16-9-15-5-4-6-32(22(15)29-21(16)23(35-2)36-3)24(34)28-19-10-18(25)17(11-26)12-27-19;/h13-14,16,27H,5-12,17-18H2,1-4H3,(H,30,31,37);12-13,15H,4-11,16-17H2,1-3H3,(H,28,29,35);9-10,12,23H,4-8,13-14H2,1-3H3,(H,27,28,34);1H/i;;;1+1. The molecule has 0 aromatic carbocycles. The molecule has 0 aliphatic carbocycles. The van der Waals surface area contributed by atoms with E-state index >= 15 is 0 Å². The fourth-order valence-electron chi connectivity index (χ4n) is 14.1. The van der Waals surface area contributed by atoms with Crippen molar-refractivity contribution in [2.45, 2.75) is 96.4 Å². The molecular weight excluding hydrogens is 1490 g/mol. The first kappa shape index (κ1) is 85.2. The zero-order valence-corrected chi connectivity index (χ0v) is 67.3. The Kier molecular flexibility index (Phi) is 30.9. The summed E-state index contributed by atoms with van der Waals surface area (Å²) in [4.78, 5) is 121. The molecule has 0 radical (unpaired) electrons. The molecule has 9 amide bonds. The second-order valence-electron chi connectivity index (χ2n) is 28.0. The van der Waals surface area contributed by atoms with Gasteiger partial charge in [0.15, 0.2) is 0 Å². The summed E-state index contributed by atoms with van der Waals surface area (Å²) < 4.78 is 41.7. The third-order valence-electron chi connectivity index (χ3n) is 20.1. The minimum absolute atomic E-state index is 0. The number of urea groups is 3. The summed E-state index contributed by atoms with van der Waals surface area (Å²) in [5.41, 5.74) is 8.81. The van der Waals surface area contributed by atoms with Crippen LogP contribution in [0.5, 0.6) is 5.88 Å². The molecule has 113 heavy (non-hydrogen) atoms. The van der Waals surface area contributed by atoms with Crippen LogP contribution in [-0.4, -0.2) is 254 Å². The maximum Gasteiger partial charge on any atom is 0.328 e. The topological polar surface area (TPSA) is 363 Å². The highest BCUT2D eigenvalue weighted by atomic mass is 32.2. The molecule has 12 heterocycles. The largest absolute Gasteiger partial charge is 0.481 e. The smallest absolute Gasteiger partial charge is 0.328 e. The maximum absolute atomic E-state index is 14.0. The molecule has 6 aromatic rings. The van der Waals surface area contributed by atoms with Gasteiger partial charge in [0.1, 0.15) is 75.9 Å². The van der Waals surface area contributed by atoms with Gasteiger partial charge in [0.05, 0.1) is 50.6 Å². The number of hydrogen-bond acceptors (Lipinski definition) is 25. The number of carbonyl (C=O) groups is 6. The van der Waals surface area contributed by atoms with Crippen molar-refractivity contribution in [3.63, 3.8) is 0 Å². The number of aryl methyl sites for hydroxylation is 5. The Morgan fingerprint density at radius 3 is 1.17 bits per heavy atom. The van der Waals surface area contributed by atoms with Gasteiger partial charge in [0, 0.05) is 126 Å². The van der Waals surface area contributed by atoms with E-state index < -0.39 is 24.4 Å². The second-order valence-corrected chi connectivity index (χ2v) is 30.0. The van der Waals surface area contributed by atoms with E-state index in [1.807, 2.05) is 63.8 Å². The molecule has 3 N–H and O–H groups in total. The number of anilines is 6. The van der Waals surface area contributed by atoms with Crippen LogP contribution in [0.4, 0.5) is 53.7 Å². The average Bonchev–Trinajstić information content (AvgIpc) is 0.785. The summed E-state index contributed by atoms with van der Waals surface area (Å²) in [6.45, 7) is 7.98. The van der Waals surface area contributed by atoms with Crippen LogP contribution in [0.3, 0.4) is 0 Å². The van der Waals surface area contributed by atoms with Crippen molar-refractivity contribution in [2.24, 2.45) is 0 Å². The first-order valence-corrected chi connectivity index (χ1v) is 40.1. The Morgan fingerprint density at radius 2 is 0.832 bits per heavy atom. The maximum atomic E-state index is 14.0. The van der Waals surface area contributed by atoms with Gasteiger partial charge in [-0.2, -0.15) is 44.3 Å². The lowest BCUT2D eigenvalue weighted by Gasteiger charge is -2.34. The number of likely N-dealkylation sites (N-methyl/N-ethyl adjacent to an activating group) is 3. The predicted molar refractivity (Wildman–Crippen MR) is 428 cm³/mol. The van der Waals surface area contributed by atoms with Gasteiger partial charge in [0.2, 0.25) is 36.2 Å². The number of ether oxygens (including phenoxy) is 5. The van der Waals surface area contributed by atoms with Crippen LogP contribution in [0.2, 0.25) is 0 Å². The molecule has 6 aliphatic heterocycles. The van der Waals surface area contributed by atoms with Crippen molar-refractivity contribution in [2.75, 3.05) is 190 Å². The number of nitrogens with one attached hydrogen (secondary N) is 3. The fraction of sp³-hybridized carbons (Fsp3) is 0.500. The van der Waals surface area contributed by atoms with E-state index in [0.717, 1.165) is 139 Å². The SMILES string of the molecule is COC(OC)c1nc2c(cc1CN1CCN(C)CC1=O)CCCN2C(=O)Nc1cc(CCCSC)c(C#N)cn1.COC(OC)c1nc2c(cc1CN1CCN(C)CC1=O)CCCN2C(=O)Nc1cc(F)c(C#N)cn1.COc1nc2c(cc1CN1CCN(C)CC1=O)CCCN2C(=O)Nc1cc(CCCSC)c(C#N)cn1.[2HH].